The minimum Gasteiger partial charge on any atom is -0.350 e. The van der Waals surface area contributed by atoms with Gasteiger partial charge in [-0.1, -0.05) is 36.0 Å². The molecule has 0 spiro atoms. The summed E-state index contributed by atoms with van der Waals surface area (Å²) in [7, 11) is 0. The van der Waals surface area contributed by atoms with E-state index in [0.717, 1.165) is 64.1 Å². The van der Waals surface area contributed by atoms with E-state index in [1.807, 2.05) is 24.3 Å². The molecule has 4 saturated carbocycles. The number of nitrogens with zero attached hydrogens (tertiary/aromatic N) is 2. The molecule has 4 aliphatic rings. The molecule has 4 aliphatic carbocycles. The predicted octanol–water partition coefficient (Wildman–Crippen LogP) is 5.61. The third-order valence-corrected chi connectivity index (χ3v) is 8.54. The van der Waals surface area contributed by atoms with Crippen LogP contribution in [0.5, 0.6) is 0 Å². The van der Waals surface area contributed by atoms with Crippen molar-refractivity contribution >= 4 is 28.4 Å². The lowest BCUT2D eigenvalue weighted by atomic mass is 9.53. The van der Waals surface area contributed by atoms with Crippen LogP contribution in [-0.2, 0) is 4.79 Å². The fraction of sp³-hybridized carbons (Fsp3) is 0.423. The maximum atomic E-state index is 13.3. The van der Waals surface area contributed by atoms with Crippen LogP contribution in [-0.4, -0.2) is 27.4 Å². The minimum atomic E-state index is -0.275. The summed E-state index contributed by atoms with van der Waals surface area (Å²) in [6.07, 6.45) is 7.57. The Kier molecular flexibility index (Phi) is 4.94. The van der Waals surface area contributed by atoms with Gasteiger partial charge in [0.25, 0.3) is 0 Å². The topological polar surface area (TPSA) is 54.9 Å². The number of benzene rings is 2. The van der Waals surface area contributed by atoms with E-state index in [0.29, 0.717) is 5.75 Å². The molecule has 1 aromatic heterocycles. The van der Waals surface area contributed by atoms with Crippen molar-refractivity contribution in [3.63, 3.8) is 0 Å². The molecule has 0 radical (unpaired) electrons. The number of hydrogen-bond acceptors (Lipinski definition) is 4. The van der Waals surface area contributed by atoms with Gasteiger partial charge in [0.1, 0.15) is 16.5 Å². The van der Waals surface area contributed by atoms with Crippen LogP contribution >= 0.6 is 11.8 Å². The number of rotatable bonds is 5. The van der Waals surface area contributed by atoms with Gasteiger partial charge in [0.05, 0.1) is 5.75 Å². The molecule has 0 atom stereocenters. The van der Waals surface area contributed by atoms with Crippen molar-refractivity contribution in [3.8, 4) is 11.3 Å². The summed E-state index contributed by atoms with van der Waals surface area (Å²) in [5, 5.41) is 15.0. The second-order valence-electron chi connectivity index (χ2n) is 9.94. The van der Waals surface area contributed by atoms with Gasteiger partial charge in [-0.15, -0.1) is 10.2 Å². The highest BCUT2D eigenvalue weighted by molar-refractivity contribution is 8.00. The first-order chi connectivity index (χ1) is 15.6. The van der Waals surface area contributed by atoms with Crippen LogP contribution in [0.3, 0.4) is 0 Å². The summed E-state index contributed by atoms with van der Waals surface area (Å²) in [6, 6.07) is 14.3. The maximum absolute atomic E-state index is 13.3. The molecule has 0 saturated heterocycles. The Bertz CT molecular complexity index is 1140. The first-order valence-electron chi connectivity index (χ1n) is 11.5. The second-order valence-corrected chi connectivity index (χ2v) is 10.9. The molecular formula is C26H26FN3OS. The largest absolute Gasteiger partial charge is 0.350 e. The molecule has 4 nitrogen and oxygen atoms in total. The summed E-state index contributed by atoms with van der Waals surface area (Å²) in [6.45, 7) is 0. The Labute approximate surface area is 191 Å². The molecule has 1 N–H and O–H groups in total. The molecule has 0 aliphatic heterocycles. The number of carbonyl (C=O) groups excluding carboxylic acids is 1. The van der Waals surface area contributed by atoms with Gasteiger partial charge in [-0.05, 0) is 80.5 Å². The first-order valence-corrected chi connectivity index (χ1v) is 12.5. The van der Waals surface area contributed by atoms with Gasteiger partial charge >= 0.3 is 0 Å². The molecule has 1 heterocycles. The zero-order valence-electron chi connectivity index (χ0n) is 17.9. The number of halogens is 1. The van der Waals surface area contributed by atoms with Gasteiger partial charge < -0.3 is 5.32 Å². The average molecular weight is 448 g/mol. The van der Waals surface area contributed by atoms with Crippen molar-refractivity contribution in [3.05, 3.63) is 54.3 Å². The van der Waals surface area contributed by atoms with Crippen LogP contribution in [0.4, 0.5) is 4.39 Å². The zero-order valence-corrected chi connectivity index (χ0v) is 18.7. The van der Waals surface area contributed by atoms with Crippen LogP contribution in [0.2, 0.25) is 0 Å². The highest BCUT2D eigenvalue weighted by atomic mass is 32.2. The van der Waals surface area contributed by atoms with E-state index in [-0.39, 0.29) is 17.3 Å². The van der Waals surface area contributed by atoms with Gasteiger partial charge in [0.2, 0.25) is 5.91 Å². The number of amides is 1. The summed E-state index contributed by atoms with van der Waals surface area (Å²) >= 11 is 1.45. The van der Waals surface area contributed by atoms with Crippen LogP contribution in [0.1, 0.15) is 38.5 Å². The van der Waals surface area contributed by atoms with Gasteiger partial charge in [0, 0.05) is 21.9 Å². The first kappa shape index (κ1) is 20.2. The molecule has 4 bridgehead atoms. The molecule has 1 amide bonds. The summed E-state index contributed by atoms with van der Waals surface area (Å²) in [5.41, 5.74) is 1.58. The highest BCUT2D eigenvalue weighted by Gasteiger charge is 2.51. The molecule has 164 valence electrons. The van der Waals surface area contributed by atoms with Crippen molar-refractivity contribution in [2.45, 2.75) is 49.1 Å². The van der Waals surface area contributed by atoms with Crippen LogP contribution in [0.15, 0.2) is 53.6 Å². The average Bonchev–Trinajstić information content (AvgIpc) is 2.77. The van der Waals surface area contributed by atoms with Crippen molar-refractivity contribution in [2.75, 3.05) is 5.75 Å². The smallest absolute Gasteiger partial charge is 0.230 e. The Hall–Kier alpha value is -2.47. The maximum Gasteiger partial charge on any atom is 0.230 e. The second kappa shape index (κ2) is 7.84. The van der Waals surface area contributed by atoms with Crippen molar-refractivity contribution in [1.82, 2.24) is 15.5 Å². The number of thioether (sulfide) groups is 1. The standard InChI is InChI=1S/C26H26FN3OS/c27-20-7-5-19(6-8-20)24-21-3-1-2-4-22(21)25(30-29-24)32-15-23(31)28-26-12-16-9-17(13-26)11-18(10-16)14-26/h1-8,16-18H,9-15H2,(H,28,31). The Balaban J connectivity index is 1.20. The lowest BCUT2D eigenvalue weighted by molar-refractivity contribution is -0.124. The molecule has 32 heavy (non-hydrogen) atoms. The van der Waals surface area contributed by atoms with Crippen molar-refractivity contribution < 1.29 is 9.18 Å². The third kappa shape index (κ3) is 3.68. The third-order valence-electron chi connectivity index (χ3n) is 7.55. The van der Waals surface area contributed by atoms with Gasteiger partial charge in [-0.3, -0.25) is 4.79 Å². The fourth-order valence-corrected chi connectivity index (χ4v) is 7.51. The lowest BCUT2D eigenvalue weighted by Crippen LogP contribution is -2.60. The summed E-state index contributed by atoms with van der Waals surface area (Å²) < 4.78 is 13.3. The Morgan fingerprint density at radius 3 is 2.22 bits per heavy atom. The number of nitrogens with one attached hydrogen (secondary N) is 1. The SMILES string of the molecule is O=C(CSc1nnc(-c2ccc(F)cc2)c2ccccc12)NC12CC3CC(CC(C3)C1)C2. The van der Waals surface area contributed by atoms with E-state index in [2.05, 4.69) is 15.5 Å². The van der Waals surface area contributed by atoms with Crippen molar-refractivity contribution in [1.29, 1.82) is 0 Å². The number of aromatic nitrogens is 2. The predicted molar refractivity (Wildman–Crippen MR) is 125 cm³/mol. The molecule has 6 heteroatoms. The molecule has 3 aromatic rings. The van der Waals surface area contributed by atoms with Crippen LogP contribution in [0, 0.1) is 23.6 Å². The van der Waals surface area contributed by atoms with E-state index in [9.17, 15) is 9.18 Å². The monoisotopic (exact) mass is 447 g/mol. The number of hydrogen-bond donors (Lipinski definition) is 1. The Morgan fingerprint density at radius 1 is 0.938 bits per heavy atom. The van der Waals surface area contributed by atoms with Gasteiger partial charge in [0.15, 0.2) is 0 Å². The zero-order chi connectivity index (χ0) is 21.7. The van der Waals surface area contributed by atoms with Crippen LogP contribution < -0.4 is 5.32 Å². The quantitative estimate of drug-likeness (QED) is 0.516. The molecule has 7 rings (SSSR count). The minimum absolute atomic E-state index is 0.0343. The van der Waals surface area contributed by atoms with E-state index in [1.165, 1.54) is 43.2 Å². The molecule has 4 fully saturated rings. The van der Waals surface area contributed by atoms with E-state index in [4.69, 9.17) is 0 Å². The molecule has 2 aromatic carbocycles. The molecular weight excluding hydrogens is 421 g/mol. The normalized spacial score (nSPS) is 28.2. The summed E-state index contributed by atoms with van der Waals surface area (Å²) in [4.78, 5) is 12.9. The fourth-order valence-electron chi connectivity index (χ4n) is 6.74. The number of fused-ring (bicyclic) bond motifs is 1. The van der Waals surface area contributed by atoms with Crippen molar-refractivity contribution in [2.24, 2.45) is 17.8 Å². The Morgan fingerprint density at radius 2 is 1.56 bits per heavy atom. The van der Waals surface area contributed by atoms with E-state index < -0.39 is 0 Å². The number of carbonyl (C=O) groups is 1. The van der Waals surface area contributed by atoms with Gasteiger partial charge in [-0.2, -0.15) is 0 Å². The summed E-state index contributed by atoms with van der Waals surface area (Å²) in [5.74, 6) is 2.60. The van der Waals surface area contributed by atoms with Crippen LogP contribution in [0.25, 0.3) is 22.0 Å². The van der Waals surface area contributed by atoms with Gasteiger partial charge in [-0.25, -0.2) is 4.39 Å². The van der Waals surface area contributed by atoms with E-state index >= 15 is 0 Å². The molecule has 0 unspecified atom stereocenters. The highest BCUT2D eigenvalue weighted by Crippen LogP contribution is 2.55. The van der Waals surface area contributed by atoms with E-state index in [1.54, 1.807) is 12.1 Å². The lowest BCUT2D eigenvalue weighted by Gasteiger charge is -2.56.